The fourth-order valence-electron chi connectivity index (χ4n) is 3.39. The van der Waals surface area contributed by atoms with Crippen LogP contribution in [0.25, 0.3) is 0 Å². The fraction of sp³-hybridized carbons (Fsp3) is 0.421. The molecule has 0 bridgehead atoms. The van der Waals surface area contributed by atoms with Crippen LogP contribution in [0.15, 0.2) is 29.2 Å². The molecular weight excluding hydrogens is 457 g/mol. The third-order valence-corrected chi connectivity index (χ3v) is 7.15. The lowest BCUT2D eigenvalue weighted by Gasteiger charge is -2.50. The maximum absolute atomic E-state index is 15.0. The smallest absolute Gasteiger partial charge is 0.267 e. The van der Waals surface area contributed by atoms with Gasteiger partial charge in [-0.25, -0.2) is 17.8 Å². The second-order valence-corrected chi connectivity index (χ2v) is 10.4. The van der Waals surface area contributed by atoms with Gasteiger partial charge in [0.05, 0.1) is 10.7 Å². The summed E-state index contributed by atoms with van der Waals surface area (Å²) in [6.45, 7) is 4.35. The molecule has 11 heteroatoms. The Balaban J connectivity index is 1.85. The Bertz CT molecular complexity index is 1060. The summed E-state index contributed by atoms with van der Waals surface area (Å²) in [6.07, 6.45) is 0.960. The third-order valence-electron chi connectivity index (χ3n) is 4.97. The van der Waals surface area contributed by atoms with Crippen molar-refractivity contribution in [2.24, 2.45) is 5.41 Å². The van der Waals surface area contributed by atoms with E-state index in [9.17, 15) is 12.8 Å². The Morgan fingerprint density at radius 1 is 1.27 bits per heavy atom. The monoisotopic (exact) mass is 478 g/mol. The number of benzene rings is 1. The molecular formula is C19H22Cl2F2N4O2S. The average Bonchev–Trinajstić information content (AvgIpc) is 2.60. The van der Waals surface area contributed by atoms with Gasteiger partial charge in [0, 0.05) is 18.5 Å². The Kier molecular flexibility index (Phi) is 6.48. The topological polar surface area (TPSA) is 65.5 Å². The van der Waals surface area contributed by atoms with Crippen molar-refractivity contribution in [3.05, 3.63) is 46.1 Å². The maximum atomic E-state index is 15.0. The van der Waals surface area contributed by atoms with Gasteiger partial charge in [0.2, 0.25) is 5.95 Å². The molecule has 1 saturated heterocycles. The molecule has 2 aromatic rings. The fourth-order valence-corrected chi connectivity index (χ4v) is 5.35. The van der Waals surface area contributed by atoms with Crippen LogP contribution in [0.5, 0.6) is 0 Å². The number of anilines is 2. The van der Waals surface area contributed by atoms with E-state index >= 15 is 4.39 Å². The van der Waals surface area contributed by atoms with Gasteiger partial charge in [-0.15, -0.1) is 0 Å². The van der Waals surface area contributed by atoms with Gasteiger partial charge in [0.1, 0.15) is 15.7 Å². The minimum atomic E-state index is -4.48. The summed E-state index contributed by atoms with van der Waals surface area (Å²) < 4.78 is 55.6. The van der Waals surface area contributed by atoms with Crippen molar-refractivity contribution in [2.45, 2.75) is 18.2 Å². The molecule has 0 aliphatic carbocycles. The third kappa shape index (κ3) is 4.80. The Hall–Kier alpha value is -1.68. The minimum Gasteiger partial charge on any atom is -0.369 e. The second kappa shape index (κ2) is 8.45. The second-order valence-electron chi connectivity index (χ2n) is 8.01. The van der Waals surface area contributed by atoms with Gasteiger partial charge >= 0.3 is 0 Å². The molecule has 0 spiro atoms. The van der Waals surface area contributed by atoms with Crippen molar-refractivity contribution < 1.29 is 17.2 Å². The highest BCUT2D eigenvalue weighted by Crippen LogP contribution is 2.44. The first-order valence-corrected chi connectivity index (χ1v) is 11.4. The number of sulfonamides is 1. The molecule has 1 fully saturated rings. The van der Waals surface area contributed by atoms with Crippen molar-refractivity contribution >= 4 is 44.7 Å². The van der Waals surface area contributed by atoms with Gasteiger partial charge in [-0.1, -0.05) is 36.2 Å². The first-order chi connectivity index (χ1) is 13.9. The first kappa shape index (κ1) is 23.0. The van der Waals surface area contributed by atoms with E-state index < -0.39 is 26.7 Å². The van der Waals surface area contributed by atoms with E-state index in [1.165, 1.54) is 18.2 Å². The van der Waals surface area contributed by atoms with E-state index in [0.29, 0.717) is 18.8 Å². The van der Waals surface area contributed by atoms with Crippen molar-refractivity contribution in [2.75, 3.05) is 43.4 Å². The Morgan fingerprint density at radius 3 is 2.53 bits per heavy atom. The molecule has 6 nitrogen and oxygen atoms in total. The highest BCUT2D eigenvalue weighted by Gasteiger charge is 2.40. The minimum absolute atomic E-state index is 0.0475. The van der Waals surface area contributed by atoms with Crippen LogP contribution >= 0.6 is 23.2 Å². The van der Waals surface area contributed by atoms with Crippen LogP contribution in [0.3, 0.4) is 0 Å². The molecule has 0 saturated carbocycles. The van der Waals surface area contributed by atoms with Crippen LogP contribution in [0.4, 0.5) is 20.3 Å². The van der Waals surface area contributed by atoms with Crippen molar-refractivity contribution in [1.82, 2.24) is 9.88 Å². The van der Waals surface area contributed by atoms with Crippen molar-refractivity contribution in [3.63, 3.8) is 0 Å². The molecule has 1 aliphatic rings. The standard InChI is InChI=1S/C19H22Cl2F2N4O2S/c1-19(7-8-26(2)3)10-27(11-19)13-9-12(20)18(17(23)16(13)21)30(28,29)25-15-6-4-5-14(22)24-15/h4-6,9H,7-8,10-11H2,1-3H3,(H,24,25). The summed E-state index contributed by atoms with van der Waals surface area (Å²) in [7, 11) is -0.484. The summed E-state index contributed by atoms with van der Waals surface area (Å²) in [4.78, 5) is 6.57. The quantitative estimate of drug-likeness (QED) is 0.476. The SMILES string of the molecule is CN(C)CCC1(C)CN(c2cc(Cl)c(S(=O)(=O)Nc3cccc(F)n3)c(F)c2Cl)C1. The molecule has 0 unspecified atom stereocenters. The largest absolute Gasteiger partial charge is 0.369 e. The number of aromatic nitrogens is 1. The molecule has 2 heterocycles. The van der Waals surface area contributed by atoms with Gasteiger partial charge in [-0.05, 0) is 45.3 Å². The van der Waals surface area contributed by atoms with Gasteiger partial charge in [-0.3, -0.25) is 4.72 Å². The van der Waals surface area contributed by atoms with E-state index in [4.69, 9.17) is 23.2 Å². The van der Waals surface area contributed by atoms with E-state index in [0.717, 1.165) is 19.0 Å². The van der Waals surface area contributed by atoms with Crippen LogP contribution in [0.2, 0.25) is 10.0 Å². The van der Waals surface area contributed by atoms with Crippen molar-refractivity contribution in [1.29, 1.82) is 0 Å². The first-order valence-electron chi connectivity index (χ1n) is 9.14. The molecule has 0 amide bonds. The van der Waals surface area contributed by atoms with Crippen LogP contribution < -0.4 is 9.62 Å². The summed E-state index contributed by atoms with van der Waals surface area (Å²) in [6, 6.07) is 4.89. The van der Waals surface area contributed by atoms with Crippen LogP contribution in [0.1, 0.15) is 13.3 Å². The number of rotatable bonds is 7. The summed E-state index contributed by atoms with van der Waals surface area (Å²) in [5.74, 6) is -2.35. The molecule has 164 valence electrons. The lowest BCUT2D eigenvalue weighted by molar-refractivity contribution is 0.196. The molecule has 0 atom stereocenters. The molecule has 1 aromatic carbocycles. The predicted octanol–water partition coefficient (Wildman–Crippen LogP) is 4.25. The highest BCUT2D eigenvalue weighted by molar-refractivity contribution is 7.92. The zero-order valence-corrected chi connectivity index (χ0v) is 19.0. The van der Waals surface area contributed by atoms with Crippen LogP contribution in [-0.4, -0.2) is 52.0 Å². The van der Waals surface area contributed by atoms with Gasteiger partial charge in [0.25, 0.3) is 10.0 Å². The van der Waals surface area contributed by atoms with E-state index in [2.05, 4.69) is 16.8 Å². The Morgan fingerprint density at radius 2 is 1.93 bits per heavy atom. The number of hydrogen-bond acceptors (Lipinski definition) is 5. The Labute approximate surface area is 184 Å². The average molecular weight is 479 g/mol. The zero-order valence-electron chi connectivity index (χ0n) is 16.7. The van der Waals surface area contributed by atoms with Gasteiger partial charge < -0.3 is 9.80 Å². The highest BCUT2D eigenvalue weighted by atomic mass is 35.5. The molecule has 3 rings (SSSR count). The number of hydrogen-bond donors (Lipinski definition) is 1. The molecule has 30 heavy (non-hydrogen) atoms. The van der Waals surface area contributed by atoms with Crippen LogP contribution in [0, 0.1) is 17.2 Å². The molecule has 0 radical (unpaired) electrons. The lowest BCUT2D eigenvalue weighted by atomic mass is 9.78. The van der Waals surface area contributed by atoms with E-state index in [1.807, 2.05) is 23.7 Å². The normalized spacial score (nSPS) is 15.9. The van der Waals surface area contributed by atoms with Gasteiger partial charge in [0.15, 0.2) is 5.82 Å². The summed E-state index contributed by atoms with van der Waals surface area (Å²) in [5, 5.41) is -0.653. The van der Waals surface area contributed by atoms with E-state index in [1.54, 1.807) is 0 Å². The van der Waals surface area contributed by atoms with Crippen LogP contribution in [-0.2, 0) is 10.0 Å². The summed E-state index contributed by atoms with van der Waals surface area (Å²) >= 11 is 12.3. The zero-order chi connectivity index (χ0) is 22.3. The van der Waals surface area contributed by atoms with E-state index in [-0.39, 0.29) is 21.3 Å². The number of nitrogens with one attached hydrogen (secondary N) is 1. The van der Waals surface area contributed by atoms with Gasteiger partial charge in [-0.2, -0.15) is 4.39 Å². The lowest BCUT2D eigenvalue weighted by Crippen LogP contribution is -2.55. The molecule has 1 aliphatic heterocycles. The predicted molar refractivity (Wildman–Crippen MR) is 115 cm³/mol. The maximum Gasteiger partial charge on any atom is 0.267 e. The number of halogens is 4. The molecule has 1 aromatic heterocycles. The number of pyridine rings is 1. The van der Waals surface area contributed by atoms with Crippen molar-refractivity contribution in [3.8, 4) is 0 Å². The summed E-state index contributed by atoms with van der Waals surface area (Å²) in [5.41, 5.74) is 0.385. The number of nitrogens with zero attached hydrogens (tertiary/aromatic N) is 3. The molecule has 1 N–H and O–H groups in total.